The Labute approximate surface area is 147 Å². The highest BCUT2D eigenvalue weighted by Gasteiger charge is 2.36. The number of carbonyl (C=O) groups excluding carboxylic acids is 1. The van der Waals surface area contributed by atoms with Crippen molar-refractivity contribution in [1.82, 2.24) is 5.32 Å². The summed E-state index contributed by atoms with van der Waals surface area (Å²) < 4.78 is 27.4. The summed E-state index contributed by atoms with van der Waals surface area (Å²) in [6.07, 6.45) is 0.544. The van der Waals surface area contributed by atoms with Gasteiger partial charge in [-0.3, -0.25) is 9.10 Å². The van der Waals surface area contributed by atoms with Gasteiger partial charge in [0.25, 0.3) is 15.9 Å². The average Bonchev–Trinajstić information content (AvgIpc) is 2.95. The molecular weight excluding hydrogens is 340 g/mol. The molecule has 2 aromatic rings. The van der Waals surface area contributed by atoms with Crippen molar-refractivity contribution >= 4 is 21.6 Å². The van der Waals surface area contributed by atoms with Crippen LogP contribution in [0.4, 0.5) is 5.69 Å². The Morgan fingerprint density at radius 1 is 1.24 bits per heavy atom. The lowest BCUT2D eigenvalue weighted by Gasteiger charge is -2.24. The van der Waals surface area contributed by atoms with E-state index in [0.29, 0.717) is 17.7 Å². The van der Waals surface area contributed by atoms with E-state index in [1.807, 2.05) is 6.92 Å². The fourth-order valence-electron chi connectivity index (χ4n) is 3.09. The molecule has 2 N–H and O–H groups in total. The molecule has 0 fully saturated rings. The standard InChI is InChI=1S/C18H20N2O4S/c1-13-11-15-12-14(18(22)19-9-10-21)7-8-17(15)20(13)25(23,24)16-5-3-2-4-6-16/h2-8,12-13,21H,9-11H2,1H3,(H,19,22). The summed E-state index contributed by atoms with van der Waals surface area (Å²) in [7, 11) is -3.65. The van der Waals surface area contributed by atoms with Crippen molar-refractivity contribution in [3.63, 3.8) is 0 Å². The molecule has 0 aliphatic carbocycles. The predicted molar refractivity (Wildman–Crippen MR) is 95.1 cm³/mol. The molecule has 0 spiro atoms. The van der Waals surface area contributed by atoms with Gasteiger partial charge in [0, 0.05) is 18.2 Å². The first kappa shape index (κ1) is 17.4. The van der Waals surface area contributed by atoms with E-state index >= 15 is 0 Å². The third-order valence-electron chi connectivity index (χ3n) is 4.19. The van der Waals surface area contributed by atoms with E-state index in [4.69, 9.17) is 5.11 Å². The van der Waals surface area contributed by atoms with Gasteiger partial charge in [-0.15, -0.1) is 0 Å². The van der Waals surface area contributed by atoms with Crippen molar-refractivity contribution < 1.29 is 18.3 Å². The van der Waals surface area contributed by atoms with Crippen molar-refractivity contribution in [2.24, 2.45) is 0 Å². The molecule has 25 heavy (non-hydrogen) atoms. The normalized spacial score (nSPS) is 16.6. The van der Waals surface area contributed by atoms with Crippen LogP contribution in [0, 0.1) is 0 Å². The quantitative estimate of drug-likeness (QED) is 0.847. The maximum Gasteiger partial charge on any atom is 0.264 e. The molecule has 1 aliphatic rings. The summed E-state index contributed by atoms with van der Waals surface area (Å²) in [5.41, 5.74) is 1.89. The van der Waals surface area contributed by atoms with Crippen LogP contribution in [-0.4, -0.2) is 38.6 Å². The maximum absolute atomic E-state index is 13.0. The van der Waals surface area contributed by atoms with Gasteiger partial charge >= 0.3 is 0 Å². The Morgan fingerprint density at radius 3 is 2.64 bits per heavy atom. The zero-order valence-electron chi connectivity index (χ0n) is 13.8. The first-order valence-electron chi connectivity index (χ1n) is 8.06. The summed E-state index contributed by atoms with van der Waals surface area (Å²) in [6.45, 7) is 1.91. The fraction of sp³-hybridized carbons (Fsp3) is 0.278. The van der Waals surface area contributed by atoms with E-state index in [1.165, 1.54) is 4.31 Å². The minimum absolute atomic E-state index is 0.128. The molecule has 3 rings (SSSR count). The lowest BCUT2D eigenvalue weighted by Crippen LogP contribution is -2.35. The highest BCUT2D eigenvalue weighted by molar-refractivity contribution is 7.92. The number of sulfonamides is 1. The predicted octanol–water partition coefficient (Wildman–Crippen LogP) is 1.55. The molecule has 1 heterocycles. The van der Waals surface area contributed by atoms with Gasteiger partial charge in [0.2, 0.25) is 0 Å². The number of hydrogen-bond donors (Lipinski definition) is 2. The van der Waals surface area contributed by atoms with E-state index in [1.54, 1.807) is 48.5 Å². The summed E-state index contributed by atoms with van der Waals surface area (Å²) in [5, 5.41) is 11.4. The Hall–Kier alpha value is -2.38. The Morgan fingerprint density at radius 2 is 1.96 bits per heavy atom. The van der Waals surface area contributed by atoms with Gasteiger partial charge in [0.1, 0.15) is 0 Å². The number of amides is 1. The molecule has 1 atom stereocenters. The number of anilines is 1. The number of benzene rings is 2. The van der Waals surface area contributed by atoms with Crippen LogP contribution in [-0.2, 0) is 16.4 Å². The molecule has 132 valence electrons. The Bertz CT molecular complexity index is 881. The monoisotopic (exact) mass is 360 g/mol. The van der Waals surface area contributed by atoms with Crippen LogP contribution in [0.1, 0.15) is 22.8 Å². The SMILES string of the molecule is CC1Cc2cc(C(=O)NCCO)ccc2N1S(=O)(=O)c1ccccc1. The van der Waals surface area contributed by atoms with Gasteiger partial charge < -0.3 is 10.4 Å². The van der Waals surface area contributed by atoms with Crippen LogP contribution >= 0.6 is 0 Å². The van der Waals surface area contributed by atoms with Crippen molar-refractivity contribution in [3.05, 3.63) is 59.7 Å². The van der Waals surface area contributed by atoms with Crippen molar-refractivity contribution in [2.75, 3.05) is 17.5 Å². The number of fused-ring (bicyclic) bond motifs is 1. The topological polar surface area (TPSA) is 86.7 Å². The Balaban J connectivity index is 1.95. The van der Waals surface area contributed by atoms with Crippen LogP contribution in [0.3, 0.4) is 0 Å². The average molecular weight is 360 g/mol. The van der Waals surface area contributed by atoms with Gasteiger partial charge in [-0.05, 0) is 49.2 Å². The van der Waals surface area contributed by atoms with E-state index in [2.05, 4.69) is 5.32 Å². The van der Waals surface area contributed by atoms with Crippen LogP contribution in [0.15, 0.2) is 53.4 Å². The number of hydrogen-bond acceptors (Lipinski definition) is 4. The van der Waals surface area contributed by atoms with Crippen molar-refractivity contribution in [3.8, 4) is 0 Å². The maximum atomic E-state index is 13.0. The van der Waals surface area contributed by atoms with Crippen LogP contribution < -0.4 is 9.62 Å². The summed E-state index contributed by atoms with van der Waals surface area (Å²) in [4.78, 5) is 12.3. The molecule has 0 saturated heterocycles. The van der Waals surface area contributed by atoms with Gasteiger partial charge in [-0.1, -0.05) is 18.2 Å². The molecule has 0 aromatic heterocycles. The highest BCUT2D eigenvalue weighted by Crippen LogP contribution is 2.37. The molecule has 0 radical (unpaired) electrons. The van der Waals surface area contributed by atoms with Gasteiger partial charge in [0.05, 0.1) is 17.2 Å². The molecule has 6 nitrogen and oxygen atoms in total. The summed E-state index contributed by atoms with van der Waals surface area (Å²) >= 11 is 0. The number of carbonyl (C=O) groups is 1. The lowest BCUT2D eigenvalue weighted by atomic mass is 10.1. The first-order chi connectivity index (χ1) is 11.9. The first-order valence-corrected chi connectivity index (χ1v) is 9.50. The van der Waals surface area contributed by atoms with Gasteiger partial charge in [-0.2, -0.15) is 0 Å². The molecular formula is C18H20N2O4S. The second-order valence-electron chi connectivity index (χ2n) is 5.99. The van der Waals surface area contributed by atoms with Crippen LogP contribution in [0.25, 0.3) is 0 Å². The Kier molecular flexibility index (Phi) is 4.78. The second-order valence-corrected chi connectivity index (χ2v) is 7.80. The van der Waals surface area contributed by atoms with E-state index in [0.717, 1.165) is 5.56 Å². The summed E-state index contributed by atoms with van der Waals surface area (Å²) in [6, 6.07) is 13.1. The lowest BCUT2D eigenvalue weighted by molar-refractivity contribution is 0.0944. The zero-order chi connectivity index (χ0) is 18.0. The number of rotatable bonds is 5. The van der Waals surface area contributed by atoms with Crippen molar-refractivity contribution in [1.29, 1.82) is 0 Å². The van der Waals surface area contributed by atoms with Gasteiger partial charge in [-0.25, -0.2) is 8.42 Å². The van der Waals surface area contributed by atoms with E-state index in [-0.39, 0.29) is 30.0 Å². The third-order valence-corrected chi connectivity index (χ3v) is 6.13. The fourth-order valence-corrected chi connectivity index (χ4v) is 4.80. The number of aliphatic hydroxyl groups is 1. The number of nitrogens with zero attached hydrogens (tertiary/aromatic N) is 1. The third kappa shape index (κ3) is 3.25. The molecule has 1 amide bonds. The molecule has 7 heteroatoms. The molecule has 0 bridgehead atoms. The highest BCUT2D eigenvalue weighted by atomic mass is 32.2. The molecule has 0 saturated carbocycles. The second kappa shape index (κ2) is 6.85. The molecule has 1 unspecified atom stereocenters. The number of nitrogens with one attached hydrogen (secondary N) is 1. The molecule has 1 aliphatic heterocycles. The van der Waals surface area contributed by atoms with Crippen LogP contribution in [0.2, 0.25) is 0 Å². The minimum Gasteiger partial charge on any atom is -0.395 e. The van der Waals surface area contributed by atoms with E-state index in [9.17, 15) is 13.2 Å². The minimum atomic E-state index is -3.65. The summed E-state index contributed by atoms with van der Waals surface area (Å²) in [5.74, 6) is -0.283. The van der Waals surface area contributed by atoms with E-state index < -0.39 is 10.0 Å². The van der Waals surface area contributed by atoms with Crippen molar-refractivity contribution in [2.45, 2.75) is 24.3 Å². The smallest absolute Gasteiger partial charge is 0.264 e. The van der Waals surface area contributed by atoms with Crippen LogP contribution in [0.5, 0.6) is 0 Å². The number of aliphatic hydroxyl groups excluding tert-OH is 1. The zero-order valence-corrected chi connectivity index (χ0v) is 14.7. The largest absolute Gasteiger partial charge is 0.395 e. The van der Waals surface area contributed by atoms with Gasteiger partial charge in [0.15, 0.2) is 0 Å². The molecule has 2 aromatic carbocycles.